The van der Waals surface area contributed by atoms with Crippen molar-refractivity contribution < 1.29 is 22.8 Å². The second-order valence-electron chi connectivity index (χ2n) is 7.15. The zero-order valence-electron chi connectivity index (χ0n) is 13.6. The number of hydrogen-bond acceptors (Lipinski definition) is 2. The van der Waals surface area contributed by atoms with Crippen molar-refractivity contribution in [1.82, 2.24) is 15.5 Å². The second kappa shape index (κ2) is 6.80. The smallest absolute Gasteiger partial charge is 0.352 e. The van der Waals surface area contributed by atoms with E-state index >= 15 is 0 Å². The van der Waals surface area contributed by atoms with Crippen LogP contribution >= 0.6 is 0 Å². The van der Waals surface area contributed by atoms with E-state index in [4.69, 9.17) is 0 Å². The van der Waals surface area contributed by atoms with Gasteiger partial charge in [0, 0.05) is 12.6 Å². The zero-order chi connectivity index (χ0) is 17.3. The fourth-order valence-corrected chi connectivity index (χ4v) is 3.78. The molecule has 0 spiro atoms. The van der Waals surface area contributed by atoms with E-state index in [1.165, 1.54) is 4.90 Å². The predicted molar refractivity (Wildman–Crippen MR) is 81.2 cm³/mol. The van der Waals surface area contributed by atoms with Crippen LogP contribution in [0, 0.1) is 5.92 Å². The quantitative estimate of drug-likeness (QED) is 0.821. The Hall–Kier alpha value is -1.47. The number of amides is 3. The third kappa shape index (κ3) is 3.95. The number of urea groups is 1. The van der Waals surface area contributed by atoms with Gasteiger partial charge in [-0.3, -0.25) is 4.79 Å². The lowest BCUT2D eigenvalue weighted by Gasteiger charge is -2.31. The lowest BCUT2D eigenvalue weighted by molar-refractivity contribution is -0.165. The van der Waals surface area contributed by atoms with Crippen LogP contribution < -0.4 is 10.6 Å². The van der Waals surface area contributed by atoms with Gasteiger partial charge in [-0.05, 0) is 44.4 Å². The van der Waals surface area contributed by atoms with Gasteiger partial charge in [0.2, 0.25) is 5.91 Å². The van der Waals surface area contributed by atoms with Crippen LogP contribution in [0.5, 0.6) is 0 Å². The predicted octanol–water partition coefficient (Wildman–Crippen LogP) is 2.56. The Kier molecular flexibility index (Phi) is 4.92. The largest absolute Gasteiger partial charge is 0.408 e. The minimum atomic E-state index is -4.46. The first-order chi connectivity index (χ1) is 11.4. The number of nitrogens with zero attached hydrogens (tertiary/aromatic N) is 1. The van der Waals surface area contributed by atoms with Gasteiger partial charge < -0.3 is 15.5 Å². The highest BCUT2D eigenvalue weighted by atomic mass is 19.4. The Morgan fingerprint density at radius 2 is 1.67 bits per heavy atom. The Morgan fingerprint density at radius 3 is 2.25 bits per heavy atom. The van der Waals surface area contributed by atoms with E-state index in [0.29, 0.717) is 32.2 Å². The molecule has 1 heterocycles. The first-order valence-electron chi connectivity index (χ1n) is 8.80. The molecular formula is C16H24F3N3O2. The number of carbonyl (C=O) groups excluding carboxylic acids is 2. The number of halogens is 3. The molecule has 3 amide bonds. The fourth-order valence-electron chi connectivity index (χ4n) is 3.78. The minimum absolute atomic E-state index is 0.171. The molecular weight excluding hydrogens is 323 g/mol. The molecule has 0 aromatic carbocycles. The maximum atomic E-state index is 13.3. The Morgan fingerprint density at radius 1 is 1.00 bits per heavy atom. The van der Waals surface area contributed by atoms with Crippen molar-refractivity contribution in [2.45, 2.75) is 75.7 Å². The highest BCUT2D eigenvalue weighted by Gasteiger charge is 2.47. The van der Waals surface area contributed by atoms with Gasteiger partial charge in [0.1, 0.15) is 12.1 Å². The number of rotatable bonds is 4. The molecule has 2 N–H and O–H groups in total. The maximum absolute atomic E-state index is 13.3. The summed E-state index contributed by atoms with van der Waals surface area (Å²) in [5, 5.41) is 5.01. The van der Waals surface area contributed by atoms with E-state index in [-0.39, 0.29) is 11.9 Å². The Bertz CT molecular complexity index is 487. The standard InChI is InChI=1S/C16H24F3N3O2/c17-16(18,19)13(10-4-1-2-5-10)21-15(24)22-9-3-6-12(22)14(23)20-11-7-8-11/h10-13H,1-9H2,(H,20,23)(H,21,24)/t12-,13+/m0/s1. The highest BCUT2D eigenvalue weighted by molar-refractivity contribution is 5.88. The third-order valence-electron chi connectivity index (χ3n) is 5.24. The summed E-state index contributed by atoms with van der Waals surface area (Å²) < 4.78 is 40.0. The van der Waals surface area contributed by atoms with Crippen molar-refractivity contribution >= 4 is 11.9 Å². The molecule has 3 aliphatic rings. The second-order valence-corrected chi connectivity index (χ2v) is 7.15. The van der Waals surface area contributed by atoms with Crippen LogP contribution in [0.15, 0.2) is 0 Å². The van der Waals surface area contributed by atoms with Crippen molar-refractivity contribution in [3.63, 3.8) is 0 Å². The summed E-state index contributed by atoms with van der Waals surface area (Å²) in [6.45, 7) is 0.323. The van der Waals surface area contributed by atoms with E-state index < -0.39 is 30.2 Å². The molecule has 5 nitrogen and oxygen atoms in total. The van der Waals surface area contributed by atoms with Crippen molar-refractivity contribution in [2.24, 2.45) is 5.92 Å². The van der Waals surface area contributed by atoms with E-state index in [2.05, 4.69) is 10.6 Å². The molecule has 1 saturated heterocycles. The zero-order valence-corrected chi connectivity index (χ0v) is 13.6. The number of nitrogens with one attached hydrogen (secondary N) is 2. The van der Waals surface area contributed by atoms with Crippen molar-refractivity contribution in [3.8, 4) is 0 Å². The van der Waals surface area contributed by atoms with Gasteiger partial charge in [-0.2, -0.15) is 13.2 Å². The normalized spacial score (nSPS) is 26.5. The van der Waals surface area contributed by atoms with Crippen LogP contribution in [0.25, 0.3) is 0 Å². The third-order valence-corrected chi connectivity index (χ3v) is 5.24. The lowest BCUT2D eigenvalue weighted by Crippen LogP contribution is -2.56. The van der Waals surface area contributed by atoms with Crippen LogP contribution in [0.2, 0.25) is 0 Å². The summed E-state index contributed by atoms with van der Waals surface area (Å²) in [4.78, 5) is 25.9. The van der Waals surface area contributed by atoms with E-state index in [0.717, 1.165) is 25.7 Å². The number of hydrogen-bond donors (Lipinski definition) is 2. The van der Waals surface area contributed by atoms with Gasteiger partial charge in [0.05, 0.1) is 0 Å². The Balaban J connectivity index is 1.63. The van der Waals surface area contributed by atoms with Crippen LogP contribution in [0.1, 0.15) is 51.4 Å². The summed E-state index contributed by atoms with van der Waals surface area (Å²) in [6.07, 6.45) is 1.04. The molecule has 3 fully saturated rings. The van der Waals surface area contributed by atoms with Crippen LogP contribution in [0.4, 0.5) is 18.0 Å². The average molecular weight is 347 g/mol. The molecule has 2 aliphatic carbocycles. The summed E-state index contributed by atoms with van der Waals surface area (Å²) in [5.74, 6) is -0.801. The summed E-state index contributed by atoms with van der Waals surface area (Å²) in [6, 6.07) is -3.06. The van der Waals surface area contributed by atoms with Crippen molar-refractivity contribution in [1.29, 1.82) is 0 Å². The minimum Gasteiger partial charge on any atom is -0.352 e. The number of alkyl halides is 3. The van der Waals surface area contributed by atoms with Gasteiger partial charge in [-0.15, -0.1) is 0 Å². The molecule has 3 rings (SSSR count). The molecule has 24 heavy (non-hydrogen) atoms. The highest BCUT2D eigenvalue weighted by Crippen LogP contribution is 2.36. The summed E-state index contributed by atoms with van der Waals surface area (Å²) in [5.41, 5.74) is 0. The van der Waals surface area contributed by atoms with Gasteiger partial charge >= 0.3 is 12.2 Å². The van der Waals surface area contributed by atoms with Crippen LogP contribution in [-0.4, -0.2) is 47.7 Å². The van der Waals surface area contributed by atoms with E-state index in [1.807, 2.05) is 0 Å². The molecule has 0 aromatic rings. The molecule has 8 heteroatoms. The van der Waals surface area contributed by atoms with Crippen molar-refractivity contribution in [3.05, 3.63) is 0 Å². The first-order valence-corrected chi connectivity index (χ1v) is 8.80. The molecule has 0 radical (unpaired) electrons. The summed E-state index contributed by atoms with van der Waals surface area (Å²) >= 11 is 0. The average Bonchev–Trinajstić information content (AvgIpc) is 3.02. The van der Waals surface area contributed by atoms with Crippen LogP contribution in [-0.2, 0) is 4.79 Å². The topological polar surface area (TPSA) is 61.4 Å². The number of likely N-dealkylation sites (tertiary alicyclic amines) is 1. The van der Waals surface area contributed by atoms with Gasteiger partial charge in [-0.1, -0.05) is 12.8 Å². The van der Waals surface area contributed by atoms with Gasteiger partial charge in [0.15, 0.2) is 0 Å². The SMILES string of the molecule is O=C(NC1CC1)[C@@H]1CCCN1C(=O)N[C@H](C1CCCC1)C(F)(F)F. The molecule has 1 aliphatic heterocycles. The monoisotopic (exact) mass is 347 g/mol. The van der Waals surface area contributed by atoms with Crippen molar-refractivity contribution in [2.75, 3.05) is 6.54 Å². The van der Waals surface area contributed by atoms with E-state index in [9.17, 15) is 22.8 Å². The molecule has 0 aromatic heterocycles. The van der Waals surface area contributed by atoms with Gasteiger partial charge in [-0.25, -0.2) is 4.79 Å². The van der Waals surface area contributed by atoms with Gasteiger partial charge in [0.25, 0.3) is 0 Å². The molecule has 0 bridgehead atoms. The summed E-state index contributed by atoms with van der Waals surface area (Å²) in [7, 11) is 0. The molecule has 2 atom stereocenters. The van der Waals surface area contributed by atoms with E-state index in [1.54, 1.807) is 0 Å². The molecule has 2 saturated carbocycles. The first kappa shape index (κ1) is 17.4. The maximum Gasteiger partial charge on any atom is 0.408 e. The molecule has 136 valence electrons. The number of carbonyl (C=O) groups is 2. The van der Waals surface area contributed by atoms with Crippen LogP contribution in [0.3, 0.4) is 0 Å². The lowest BCUT2D eigenvalue weighted by atomic mass is 9.98. The fraction of sp³-hybridized carbons (Fsp3) is 0.875. The Labute approximate surface area is 139 Å². The molecule has 0 unspecified atom stereocenters.